The molecule has 1 aromatic rings. The molecule has 0 spiro atoms. The molecule has 1 aliphatic heterocycles. The molecule has 1 saturated heterocycles. The summed E-state index contributed by atoms with van der Waals surface area (Å²) in [5.41, 5.74) is 8.31. The van der Waals surface area contributed by atoms with Crippen LogP contribution in [-0.4, -0.2) is 19.1 Å². The minimum atomic E-state index is 0.716. The standard InChI is InChI=1S/C16H25BrN2/c1-2-5-14-6-3-4-11-19(14)16-8-7-13(9-10-18)12-15(16)17/h7-8,12,14H,2-6,9-11,18H2,1H3. The topological polar surface area (TPSA) is 29.3 Å². The zero-order chi connectivity index (χ0) is 13.7. The molecule has 2 N–H and O–H groups in total. The third-order valence-corrected chi connectivity index (χ3v) is 4.64. The van der Waals surface area contributed by atoms with Gasteiger partial charge in [-0.2, -0.15) is 0 Å². The highest BCUT2D eigenvalue weighted by atomic mass is 79.9. The number of anilines is 1. The lowest BCUT2D eigenvalue weighted by atomic mass is 9.97. The van der Waals surface area contributed by atoms with Gasteiger partial charge in [-0.25, -0.2) is 0 Å². The molecule has 1 aromatic carbocycles. The van der Waals surface area contributed by atoms with Crippen LogP contribution < -0.4 is 10.6 Å². The van der Waals surface area contributed by atoms with Crippen molar-refractivity contribution in [3.05, 3.63) is 28.2 Å². The van der Waals surface area contributed by atoms with Crippen LogP contribution in [0, 0.1) is 0 Å². The molecule has 19 heavy (non-hydrogen) atoms. The normalized spacial score (nSPS) is 19.7. The lowest BCUT2D eigenvalue weighted by molar-refractivity contribution is 0.434. The summed E-state index contributed by atoms with van der Waals surface area (Å²) in [6.45, 7) is 4.19. The van der Waals surface area contributed by atoms with Crippen molar-refractivity contribution in [2.24, 2.45) is 5.73 Å². The molecule has 1 aliphatic rings. The van der Waals surface area contributed by atoms with E-state index in [9.17, 15) is 0 Å². The van der Waals surface area contributed by atoms with Crippen molar-refractivity contribution < 1.29 is 0 Å². The van der Waals surface area contributed by atoms with Crippen molar-refractivity contribution in [2.75, 3.05) is 18.0 Å². The van der Waals surface area contributed by atoms with Gasteiger partial charge in [-0.05, 0) is 72.3 Å². The van der Waals surface area contributed by atoms with E-state index in [0.29, 0.717) is 6.54 Å². The van der Waals surface area contributed by atoms with Gasteiger partial charge in [-0.1, -0.05) is 19.4 Å². The third kappa shape index (κ3) is 3.73. The van der Waals surface area contributed by atoms with Crippen molar-refractivity contribution in [3.63, 3.8) is 0 Å². The predicted molar refractivity (Wildman–Crippen MR) is 86.8 cm³/mol. The molecule has 0 saturated carbocycles. The molecule has 0 bridgehead atoms. The summed E-state index contributed by atoms with van der Waals surface area (Å²) >= 11 is 3.75. The fourth-order valence-corrected chi connectivity index (χ4v) is 3.71. The molecule has 1 fully saturated rings. The fourth-order valence-electron chi connectivity index (χ4n) is 3.06. The second kappa shape index (κ2) is 7.30. The van der Waals surface area contributed by atoms with Gasteiger partial charge >= 0.3 is 0 Å². The lowest BCUT2D eigenvalue weighted by Crippen LogP contribution is -2.39. The summed E-state index contributed by atoms with van der Waals surface area (Å²) in [7, 11) is 0. The molecule has 1 heterocycles. The number of nitrogens with zero attached hydrogens (tertiary/aromatic N) is 1. The van der Waals surface area contributed by atoms with E-state index >= 15 is 0 Å². The number of hydrogen-bond acceptors (Lipinski definition) is 2. The Morgan fingerprint density at radius 2 is 2.21 bits per heavy atom. The Morgan fingerprint density at radius 3 is 2.89 bits per heavy atom. The number of rotatable bonds is 5. The van der Waals surface area contributed by atoms with Crippen molar-refractivity contribution in [1.29, 1.82) is 0 Å². The number of benzene rings is 1. The Labute approximate surface area is 125 Å². The minimum absolute atomic E-state index is 0.716. The maximum Gasteiger partial charge on any atom is 0.0513 e. The van der Waals surface area contributed by atoms with Crippen LogP contribution in [0.4, 0.5) is 5.69 Å². The van der Waals surface area contributed by atoms with Gasteiger partial charge in [-0.15, -0.1) is 0 Å². The summed E-state index contributed by atoms with van der Waals surface area (Å²) in [6, 6.07) is 7.45. The summed E-state index contributed by atoms with van der Waals surface area (Å²) in [6.07, 6.45) is 7.56. The van der Waals surface area contributed by atoms with Gasteiger partial charge in [0.25, 0.3) is 0 Å². The molecular formula is C16H25BrN2. The fraction of sp³-hybridized carbons (Fsp3) is 0.625. The van der Waals surface area contributed by atoms with Crippen molar-refractivity contribution in [3.8, 4) is 0 Å². The molecule has 106 valence electrons. The Kier molecular flexibility index (Phi) is 5.71. The molecule has 1 unspecified atom stereocenters. The van der Waals surface area contributed by atoms with Crippen LogP contribution in [0.1, 0.15) is 44.6 Å². The molecule has 0 amide bonds. The van der Waals surface area contributed by atoms with Gasteiger partial charge < -0.3 is 10.6 Å². The largest absolute Gasteiger partial charge is 0.368 e. The van der Waals surface area contributed by atoms with Crippen LogP contribution >= 0.6 is 15.9 Å². The van der Waals surface area contributed by atoms with Crippen LogP contribution in [0.3, 0.4) is 0 Å². The first-order chi connectivity index (χ1) is 9.26. The smallest absolute Gasteiger partial charge is 0.0513 e. The number of halogens is 1. The Morgan fingerprint density at radius 1 is 1.37 bits per heavy atom. The Bertz CT molecular complexity index is 404. The molecule has 0 aliphatic carbocycles. The average Bonchev–Trinajstić information content (AvgIpc) is 2.41. The predicted octanol–water partition coefficient (Wildman–Crippen LogP) is 4.11. The van der Waals surface area contributed by atoms with E-state index in [1.807, 2.05) is 0 Å². The minimum Gasteiger partial charge on any atom is -0.368 e. The van der Waals surface area contributed by atoms with Gasteiger partial charge in [0.15, 0.2) is 0 Å². The van der Waals surface area contributed by atoms with Crippen molar-refractivity contribution >= 4 is 21.6 Å². The highest BCUT2D eigenvalue weighted by Crippen LogP contribution is 2.33. The first-order valence-corrected chi connectivity index (χ1v) is 8.30. The Hall–Kier alpha value is -0.540. The Balaban J connectivity index is 2.18. The van der Waals surface area contributed by atoms with Crippen LogP contribution in [0.2, 0.25) is 0 Å². The van der Waals surface area contributed by atoms with Gasteiger partial charge in [0.2, 0.25) is 0 Å². The molecule has 2 rings (SSSR count). The van der Waals surface area contributed by atoms with Gasteiger partial charge in [-0.3, -0.25) is 0 Å². The van der Waals surface area contributed by atoms with Crippen LogP contribution in [-0.2, 0) is 6.42 Å². The average molecular weight is 325 g/mol. The lowest BCUT2D eigenvalue weighted by Gasteiger charge is -2.38. The number of hydrogen-bond donors (Lipinski definition) is 1. The van der Waals surface area contributed by atoms with E-state index in [2.05, 4.69) is 46.0 Å². The van der Waals surface area contributed by atoms with E-state index in [4.69, 9.17) is 5.73 Å². The van der Waals surface area contributed by atoms with Crippen molar-refractivity contribution in [1.82, 2.24) is 0 Å². The molecule has 1 atom stereocenters. The second-order valence-corrected chi connectivity index (χ2v) is 6.31. The summed E-state index contributed by atoms with van der Waals surface area (Å²) in [4.78, 5) is 2.60. The van der Waals surface area contributed by atoms with Crippen LogP contribution in [0.5, 0.6) is 0 Å². The van der Waals surface area contributed by atoms with E-state index < -0.39 is 0 Å². The van der Waals surface area contributed by atoms with Gasteiger partial charge in [0.05, 0.1) is 5.69 Å². The summed E-state index contributed by atoms with van der Waals surface area (Å²) < 4.78 is 1.22. The monoisotopic (exact) mass is 324 g/mol. The van der Waals surface area contributed by atoms with Crippen molar-refractivity contribution in [2.45, 2.75) is 51.5 Å². The van der Waals surface area contributed by atoms with E-state index in [1.165, 1.54) is 54.4 Å². The summed E-state index contributed by atoms with van der Waals surface area (Å²) in [5, 5.41) is 0. The highest BCUT2D eigenvalue weighted by Gasteiger charge is 2.23. The number of nitrogens with two attached hydrogens (primary N) is 1. The van der Waals surface area contributed by atoms with E-state index in [-0.39, 0.29) is 0 Å². The first-order valence-electron chi connectivity index (χ1n) is 7.51. The maximum absolute atomic E-state index is 5.63. The van der Waals surface area contributed by atoms with Crippen LogP contribution in [0.25, 0.3) is 0 Å². The maximum atomic E-state index is 5.63. The third-order valence-electron chi connectivity index (χ3n) is 4.00. The second-order valence-electron chi connectivity index (χ2n) is 5.46. The van der Waals surface area contributed by atoms with Crippen LogP contribution in [0.15, 0.2) is 22.7 Å². The highest BCUT2D eigenvalue weighted by molar-refractivity contribution is 9.10. The van der Waals surface area contributed by atoms with Gasteiger partial charge in [0.1, 0.15) is 0 Å². The molecular weight excluding hydrogens is 300 g/mol. The number of piperidine rings is 1. The summed E-state index contributed by atoms with van der Waals surface area (Å²) in [5.74, 6) is 0. The molecule has 3 heteroatoms. The molecule has 0 radical (unpaired) electrons. The van der Waals surface area contributed by atoms with E-state index in [1.54, 1.807) is 0 Å². The molecule has 0 aromatic heterocycles. The first kappa shape index (κ1) is 14.9. The quantitative estimate of drug-likeness (QED) is 0.883. The zero-order valence-electron chi connectivity index (χ0n) is 11.9. The van der Waals surface area contributed by atoms with E-state index in [0.717, 1.165) is 12.5 Å². The van der Waals surface area contributed by atoms with Gasteiger partial charge in [0, 0.05) is 17.1 Å². The molecule has 2 nitrogen and oxygen atoms in total. The zero-order valence-corrected chi connectivity index (χ0v) is 13.5. The SMILES string of the molecule is CCCC1CCCCN1c1ccc(CCN)cc1Br.